The zero-order valence-corrected chi connectivity index (χ0v) is 16.5. The fourth-order valence-corrected chi connectivity index (χ4v) is 4.34. The molecular formula is C22H29N6+. The maximum absolute atomic E-state index is 4.70. The molecule has 4 rings (SSSR count). The van der Waals surface area contributed by atoms with Crippen molar-refractivity contribution >= 4 is 0 Å². The van der Waals surface area contributed by atoms with Gasteiger partial charge >= 0.3 is 0 Å². The van der Waals surface area contributed by atoms with E-state index in [1.165, 1.54) is 29.7 Å². The summed E-state index contributed by atoms with van der Waals surface area (Å²) in [5.41, 5.74) is 2.35. The van der Waals surface area contributed by atoms with Gasteiger partial charge in [-0.15, -0.1) is 5.10 Å². The molecule has 0 radical (unpaired) electrons. The quantitative estimate of drug-likeness (QED) is 0.688. The van der Waals surface area contributed by atoms with Gasteiger partial charge in [0.1, 0.15) is 12.2 Å². The molecule has 1 aliphatic carbocycles. The highest BCUT2D eigenvalue weighted by Crippen LogP contribution is 2.29. The molecule has 1 saturated carbocycles. The van der Waals surface area contributed by atoms with E-state index in [0.29, 0.717) is 6.04 Å². The van der Waals surface area contributed by atoms with E-state index >= 15 is 0 Å². The summed E-state index contributed by atoms with van der Waals surface area (Å²) in [5, 5.41) is 13.0. The first kappa shape index (κ1) is 18.7. The molecule has 2 atom stereocenters. The number of tetrazole rings is 1. The molecule has 28 heavy (non-hydrogen) atoms. The predicted molar refractivity (Wildman–Crippen MR) is 108 cm³/mol. The monoisotopic (exact) mass is 377 g/mol. The Morgan fingerprint density at radius 2 is 1.82 bits per heavy atom. The zero-order chi connectivity index (χ0) is 19.2. The van der Waals surface area contributed by atoms with Crippen molar-refractivity contribution in [3.05, 3.63) is 71.8 Å². The second kappa shape index (κ2) is 9.06. The molecule has 0 aliphatic heterocycles. The van der Waals surface area contributed by atoms with Crippen LogP contribution in [0.4, 0.5) is 0 Å². The molecule has 3 aromatic rings. The Hall–Kier alpha value is -2.60. The molecule has 1 aromatic carbocycles. The van der Waals surface area contributed by atoms with E-state index in [0.717, 1.165) is 37.4 Å². The smallest absolute Gasteiger partial charge is 0.216 e. The van der Waals surface area contributed by atoms with Crippen molar-refractivity contribution in [2.24, 2.45) is 0 Å². The predicted octanol–water partition coefficient (Wildman–Crippen LogP) is 2.77. The number of hydrogen-bond acceptors (Lipinski definition) is 4. The fourth-order valence-electron chi connectivity index (χ4n) is 4.34. The number of nitrogens with zero attached hydrogens (tertiary/aromatic N) is 5. The number of hydrogen-bond donors (Lipinski definition) is 1. The van der Waals surface area contributed by atoms with Crippen LogP contribution in [0.2, 0.25) is 0 Å². The first-order valence-electron chi connectivity index (χ1n) is 10.4. The van der Waals surface area contributed by atoms with E-state index in [1.54, 1.807) is 0 Å². The number of quaternary nitrogens is 1. The highest BCUT2D eigenvalue weighted by atomic mass is 15.6. The van der Waals surface area contributed by atoms with Gasteiger partial charge in [-0.3, -0.25) is 4.98 Å². The van der Waals surface area contributed by atoms with Gasteiger partial charge in [0.25, 0.3) is 0 Å². The van der Waals surface area contributed by atoms with Gasteiger partial charge < -0.3 is 4.90 Å². The van der Waals surface area contributed by atoms with E-state index in [2.05, 4.69) is 69.6 Å². The molecule has 0 amide bonds. The lowest BCUT2D eigenvalue weighted by Gasteiger charge is -2.29. The van der Waals surface area contributed by atoms with Crippen LogP contribution >= 0.6 is 0 Å². The SMILES string of the molecule is CC[NH+](Cc1ccccc1)[C@@H](c1ccccn1)c1nnnn1C1CCCCC1. The van der Waals surface area contributed by atoms with Crippen LogP contribution in [0, 0.1) is 0 Å². The largest absolute Gasteiger partial charge is 0.317 e. The Bertz CT molecular complexity index is 842. The minimum Gasteiger partial charge on any atom is -0.317 e. The minimum atomic E-state index is 0.0170. The number of pyridine rings is 1. The highest BCUT2D eigenvalue weighted by molar-refractivity contribution is 5.16. The summed E-state index contributed by atoms with van der Waals surface area (Å²) in [6.45, 7) is 4.10. The molecule has 1 unspecified atom stereocenters. The van der Waals surface area contributed by atoms with Crippen LogP contribution in [0.3, 0.4) is 0 Å². The lowest BCUT2D eigenvalue weighted by Crippen LogP contribution is -3.11. The van der Waals surface area contributed by atoms with Gasteiger partial charge in [0, 0.05) is 11.8 Å². The van der Waals surface area contributed by atoms with E-state index in [-0.39, 0.29) is 6.04 Å². The molecule has 2 aromatic heterocycles. The van der Waals surface area contributed by atoms with E-state index < -0.39 is 0 Å². The van der Waals surface area contributed by atoms with Crippen LogP contribution in [-0.4, -0.2) is 31.7 Å². The number of nitrogens with one attached hydrogen (secondary N) is 1. The topological polar surface area (TPSA) is 60.9 Å². The summed E-state index contributed by atoms with van der Waals surface area (Å²) in [7, 11) is 0. The van der Waals surface area contributed by atoms with Crippen molar-refractivity contribution in [1.82, 2.24) is 25.2 Å². The maximum Gasteiger partial charge on any atom is 0.216 e. The van der Waals surface area contributed by atoms with Crippen LogP contribution in [0.15, 0.2) is 54.7 Å². The molecular weight excluding hydrogens is 348 g/mol. The zero-order valence-electron chi connectivity index (χ0n) is 16.5. The second-order valence-corrected chi connectivity index (χ2v) is 7.64. The molecule has 146 valence electrons. The second-order valence-electron chi connectivity index (χ2n) is 7.64. The van der Waals surface area contributed by atoms with Crippen molar-refractivity contribution in [2.45, 2.75) is 57.7 Å². The average molecular weight is 378 g/mol. The van der Waals surface area contributed by atoms with Crippen LogP contribution in [0.25, 0.3) is 0 Å². The summed E-state index contributed by atoms with van der Waals surface area (Å²) in [6.07, 6.45) is 8.02. The van der Waals surface area contributed by atoms with Gasteiger partial charge in [-0.2, -0.15) is 0 Å². The normalized spacial score (nSPS) is 17.3. The van der Waals surface area contributed by atoms with Crippen LogP contribution < -0.4 is 4.90 Å². The Morgan fingerprint density at radius 1 is 1.04 bits per heavy atom. The minimum absolute atomic E-state index is 0.0170. The fraction of sp³-hybridized carbons (Fsp3) is 0.455. The summed E-state index contributed by atoms with van der Waals surface area (Å²) in [6, 6.07) is 17.2. The summed E-state index contributed by atoms with van der Waals surface area (Å²) in [5.74, 6) is 0.943. The maximum atomic E-state index is 4.70. The van der Waals surface area contributed by atoms with Crippen LogP contribution in [0.5, 0.6) is 0 Å². The molecule has 1 aliphatic rings. The first-order chi connectivity index (χ1) is 13.9. The van der Waals surface area contributed by atoms with Crippen LogP contribution in [-0.2, 0) is 6.54 Å². The lowest BCUT2D eigenvalue weighted by atomic mass is 9.95. The summed E-state index contributed by atoms with van der Waals surface area (Å²) >= 11 is 0. The van der Waals surface area contributed by atoms with Crippen molar-refractivity contribution in [3.63, 3.8) is 0 Å². The number of benzene rings is 1. The molecule has 0 saturated heterocycles. The van der Waals surface area contributed by atoms with Crippen molar-refractivity contribution in [3.8, 4) is 0 Å². The van der Waals surface area contributed by atoms with Gasteiger partial charge in [-0.05, 0) is 42.3 Å². The first-order valence-corrected chi connectivity index (χ1v) is 10.4. The molecule has 0 bridgehead atoms. The van der Waals surface area contributed by atoms with Crippen molar-refractivity contribution in [1.29, 1.82) is 0 Å². The molecule has 1 N–H and O–H groups in total. The molecule has 0 spiro atoms. The average Bonchev–Trinajstić information content (AvgIpc) is 3.25. The van der Waals surface area contributed by atoms with Crippen LogP contribution in [0.1, 0.15) is 68.2 Å². The molecule has 2 heterocycles. The van der Waals surface area contributed by atoms with E-state index in [9.17, 15) is 0 Å². The third kappa shape index (κ3) is 4.12. The Kier molecular flexibility index (Phi) is 6.07. The third-order valence-electron chi connectivity index (χ3n) is 5.82. The van der Waals surface area contributed by atoms with Gasteiger partial charge in [-0.25, -0.2) is 4.68 Å². The number of rotatable bonds is 7. The summed E-state index contributed by atoms with van der Waals surface area (Å²) in [4.78, 5) is 6.10. The summed E-state index contributed by atoms with van der Waals surface area (Å²) < 4.78 is 2.10. The molecule has 6 nitrogen and oxygen atoms in total. The Balaban J connectivity index is 1.71. The molecule has 6 heteroatoms. The Labute approximate surface area is 166 Å². The third-order valence-corrected chi connectivity index (χ3v) is 5.82. The van der Waals surface area contributed by atoms with Gasteiger partial charge in [-0.1, -0.05) is 55.7 Å². The molecule has 1 fully saturated rings. The Morgan fingerprint density at radius 3 is 2.54 bits per heavy atom. The van der Waals surface area contributed by atoms with Crippen molar-refractivity contribution in [2.75, 3.05) is 6.54 Å². The number of aromatic nitrogens is 5. The van der Waals surface area contributed by atoms with E-state index in [4.69, 9.17) is 4.98 Å². The van der Waals surface area contributed by atoms with Gasteiger partial charge in [0.15, 0.2) is 6.04 Å². The standard InChI is InChI=1S/C22H28N6/c1-2-27(17-18-11-5-3-6-12-18)21(20-15-9-10-16-23-20)22-24-25-26-28(22)19-13-7-4-8-14-19/h3,5-6,9-12,15-16,19,21H,2,4,7-8,13-14,17H2,1H3/p+1/t21-/m0/s1. The van der Waals surface area contributed by atoms with E-state index in [1.807, 2.05) is 12.3 Å². The van der Waals surface area contributed by atoms with Gasteiger partial charge in [0.2, 0.25) is 5.82 Å². The van der Waals surface area contributed by atoms with Crippen molar-refractivity contribution < 1.29 is 4.90 Å². The van der Waals surface area contributed by atoms with Gasteiger partial charge in [0.05, 0.1) is 12.6 Å². The lowest BCUT2D eigenvalue weighted by molar-refractivity contribution is -0.938. The highest BCUT2D eigenvalue weighted by Gasteiger charge is 2.34.